The Hall–Kier alpha value is -2.02. The van der Waals surface area contributed by atoms with Crippen LogP contribution in [0.25, 0.3) is 0 Å². The minimum absolute atomic E-state index is 0.0274. The van der Waals surface area contributed by atoms with E-state index < -0.39 is 0 Å². The van der Waals surface area contributed by atoms with Gasteiger partial charge in [0.1, 0.15) is 0 Å². The topological polar surface area (TPSA) is 78.4 Å². The smallest absolute Gasteiger partial charge is 0.272 e. The summed E-state index contributed by atoms with van der Waals surface area (Å²) in [5.41, 5.74) is 1.15. The number of rotatable bonds is 3. The molecule has 0 bridgehead atoms. The number of aryl methyl sites for hydroxylation is 1. The number of hydrogen-bond donors (Lipinski definition) is 1. The van der Waals surface area contributed by atoms with Crippen molar-refractivity contribution in [1.82, 2.24) is 25.3 Å². The summed E-state index contributed by atoms with van der Waals surface area (Å²) < 4.78 is 0. The fourth-order valence-electron chi connectivity index (χ4n) is 3.28. The number of piperidine rings is 1. The molecule has 7 heteroatoms. The number of nitrogens with zero attached hydrogens (tertiary/aromatic N) is 4. The highest BCUT2D eigenvalue weighted by molar-refractivity contribution is 5.92. The molecule has 3 rings (SSSR count). The van der Waals surface area contributed by atoms with Gasteiger partial charge in [0.05, 0.1) is 11.7 Å². The Balaban J connectivity index is 1.50. The first-order valence-corrected chi connectivity index (χ1v) is 8.15. The maximum atomic E-state index is 12.2. The van der Waals surface area contributed by atoms with Crippen molar-refractivity contribution in [3.05, 3.63) is 23.5 Å². The van der Waals surface area contributed by atoms with Crippen molar-refractivity contribution in [1.29, 1.82) is 0 Å². The van der Waals surface area contributed by atoms with E-state index in [-0.39, 0.29) is 23.9 Å². The third-order valence-electron chi connectivity index (χ3n) is 4.74. The van der Waals surface area contributed by atoms with Gasteiger partial charge in [-0.3, -0.25) is 14.5 Å². The molecule has 124 valence electrons. The largest absolute Gasteiger partial charge is 0.348 e. The Morgan fingerprint density at radius 3 is 2.48 bits per heavy atom. The van der Waals surface area contributed by atoms with Crippen molar-refractivity contribution in [2.24, 2.45) is 0 Å². The second kappa shape index (κ2) is 6.62. The molecular formula is C16H23N5O2. The molecule has 0 saturated carbocycles. The van der Waals surface area contributed by atoms with Crippen LogP contribution >= 0.6 is 0 Å². The third kappa shape index (κ3) is 3.50. The number of likely N-dealkylation sites (N-methyl/N-ethyl adjacent to an activating group) is 1. The average molecular weight is 317 g/mol. The van der Waals surface area contributed by atoms with Gasteiger partial charge in [0, 0.05) is 32.7 Å². The van der Waals surface area contributed by atoms with E-state index in [0.717, 1.165) is 44.6 Å². The average Bonchev–Trinajstić information content (AvgIpc) is 2.88. The molecule has 2 aliphatic heterocycles. The maximum absolute atomic E-state index is 12.2. The number of likely N-dealkylation sites (tertiary alicyclic amines) is 2. The molecule has 1 N–H and O–H groups in total. The summed E-state index contributed by atoms with van der Waals surface area (Å²) in [5, 5.41) is 10.9. The summed E-state index contributed by atoms with van der Waals surface area (Å²) in [5.74, 6) is 0.0510. The summed E-state index contributed by atoms with van der Waals surface area (Å²) in [6, 6.07) is 3.64. The molecule has 0 aromatic carbocycles. The van der Waals surface area contributed by atoms with Crippen molar-refractivity contribution >= 4 is 11.8 Å². The first kappa shape index (κ1) is 15.9. The first-order chi connectivity index (χ1) is 11.0. The summed E-state index contributed by atoms with van der Waals surface area (Å²) >= 11 is 0. The van der Waals surface area contributed by atoms with Gasteiger partial charge in [-0.15, -0.1) is 5.10 Å². The highest BCUT2D eigenvalue weighted by Crippen LogP contribution is 2.20. The summed E-state index contributed by atoms with van der Waals surface area (Å²) in [6.45, 7) is 4.36. The van der Waals surface area contributed by atoms with Crippen molar-refractivity contribution < 1.29 is 9.59 Å². The Labute approximate surface area is 136 Å². The van der Waals surface area contributed by atoms with Crippen molar-refractivity contribution in [3.8, 4) is 0 Å². The summed E-state index contributed by atoms with van der Waals surface area (Å²) in [4.78, 5) is 28.3. The van der Waals surface area contributed by atoms with Gasteiger partial charge in [0.15, 0.2) is 5.69 Å². The zero-order valence-electron chi connectivity index (χ0n) is 13.7. The van der Waals surface area contributed by atoms with Gasteiger partial charge in [-0.1, -0.05) is 0 Å². The van der Waals surface area contributed by atoms with Crippen LogP contribution in [0.3, 0.4) is 0 Å². The van der Waals surface area contributed by atoms with Crippen molar-refractivity contribution in [2.75, 3.05) is 26.7 Å². The van der Waals surface area contributed by atoms with Crippen LogP contribution < -0.4 is 5.32 Å². The van der Waals surface area contributed by atoms with E-state index in [9.17, 15) is 9.59 Å². The minimum atomic E-state index is -0.173. The first-order valence-electron chi connectivity index (χ1n) is 8.15. The van der Waals surface area contributed by atoms with Gasteiger partial charge in [-0.05, 0) is 38.3 Å². The SMILES string of the molecule is Cc1ccc(C(=O)NC2CCN([C@H]3CCN(C)C3=O)CC2)nn1. The van der Waals surface area contributed by atoms with Crippen molar-refractivity contribution in [2.45, 2.75) is 38.3 Å². The Bertz CT molecular complexity index is 581. The quantitative estimate of drug-likeness (QED) is 0.862. The van der Waals surface area contributed by atoms with E-state index in [4.69, 9.17) is 0 Å². The van der Waals surface area contributed by atoms with Gasteiger partial charge in [0.25, 0.3) is 5.91 Å². The lowest BCUT2D eigenvalue weighted by atomic mass is 10.0. The molecule has 2 fully saturated rings. The van der Waals surface area contributed by atoms with Crippen LogP contribution in [0.15, 0.2) is 12.1 Å². The zero-order valence-corrected chi connectivity index (χ0v) is 13.7. The molecule has 0 unspecified atom stereocenters. The molecule has 1 aromatic rings. The standard InChI is InChI=1S/C16H23N5O2/c1-11-3-4-13(19-18-11)15(22)17-12-5-9-21(10-6-12)14-7-8-20(2)16(14)23/h3-4,12,14H,5-10H2,1-2H3,(H,17,22)/t14-/m0/s1. The molecule has 2 amide bonds. The molecule has 2 aliphatic rings. The summed E-state index contributed by atoms with van der Waals surface area (Å²) in [6.07, 6.45) is 2.63. The zero-order chi connectivity index (χ0) is 16.4. The Kier molecular flexibility index (Phi) is 4.56. The van der Waals surface area contributed by atoms with Crippen LogP contribution in [0.2, 0.25) is 0 Å². The number of carbonyl (C=O) groups excluding carboxylic acids is 2. The highest BCUT2D eigenvalue weighted by Gasteiger charge is 2.35. The second-order valence-corrected chi connectivity index (χ2v) is 6.41. The molecule has 0 radical (unpaired) electrons. The molecule has 7 nitrogen and oxygen atoms in total. The maximum Gasteiger partial charge on any atom is 0.272 e. The van der Waals surface area contributed by atoms with E-state index in [1.165, 1.54) is 0 Å². The van der Waals surface area contributed by atoms with E-state index in [0.29, 0.717) is 5.69 Å². The molecule has 2 saturated heterocycles. The molecule has 1 aromatic heterocycles. The van der Waals surface area contributed by atoms with Gasteiger partial charge in [-0.2, -0.15) is 5.10 Å². The number of nitrogens with one attached hydrogen (secondary N) is 1. The molecule has 0 spiro atoms. The minimum Gasteiger partial charge on any atom is -0.348 e. The molecule has 3 heterocycles. The highest BCUT2D eigenvalue weighted by atomic mass is 16.2. The lowest BCUT2D eigenvalue weighted by molar-refractivity contribution is -0.131. The predicted molar refractivity (Wildman–Crippen MR) is 84.9 cm³/mol. The number of aromatic nitrogens is 2. The molecule has 1 atom stereocenters. The fraction of sp³-hybridized carbons (Fsp3) is 0.625. The predicted octanol–water partition coefficient (Wildman–Crippen LogP) is 0.210. The van der Waals surface area contributed by atoms with Crippen LogP contribution in [-0.4, -0.2) is 70.6 Å². The van der Waals surface area contributed by atoms with Crippen LogP contribution in [0.5, 0.6) is 0 Å². The lowest BCUT2D eigenvalue weighted by Gasteiger charge is -2.35. The number of carbonyl (C=O) groups is 2. The van der Waals surface area contributed by atoms with Gasteiger partial charge >= 0.3 is 0 Å². The van der Waals surface area contributed by atoms with Crippen molar-refractivity contribution in [3.63, 3.8) is 0 Å². The van der Waals surface area contributed by atoms with Crippen LogP contribution in [0.4, 0.5) is 0 Å². The van der Waals surface area contributed by atoms with Gasteiger partial charge in [-0.25, -0.2) is 0 Å². The Morgan fingerprint density at radius 2 is 1.91 bits per heavy atom. The van der Waals surface area contributed by atoms with E-state index >= 15 is 0 Å². The lowest BCUT2D eigenvalue weighted by Crippen LogP contribution is -2.50. The van der Waals surface area contributed by atoms with Crippen LogP contribution in [-0.2, 0) is 4.79 Å². The fourth-order valence-corrected chi connectivity index (χ4v) is 3.28. The monoisotopic (exact) mass is 317 g/mol. The molecule has 0 aliphatic carbocycles. The second-order valence-electron chi connectivity index (χ2n) is 6.41. The van der Waals surface area contributed by atoms with Crippen LogP contribution in [0.1, 0.15) is 35.4 Å². The molecular weight excluding hydrogens is 294 g/mol. The third-order valence-corrected chi connectivity index (χ3v) is 4.74. The normalized spacial score (nSPS) is 23.3. The molecule has 23 heavy (non-hydrogen) atoms. The Morgan fingerprint density at radius 1 is 1.17 bits per heavy atom. The number of amides is 2. The van der Waals surface area contributed by atoms with E-state index in [1.54, 1.807) is 17.0 Å². The summed E-state index contributed by atoms with van der Waals surface area (Å²) in [7, 11) is 1.86. The van der Waals surface area contributed by atoms with Gasteiger partial charge < -0.3 is 10.2 Å². The van der Waals surface area contributed by atoms with Gasteiger partial charge in [0.2, 0.25) is 5.91 Å². The van der Waals surface area contributed by atoms with E-state index in [1.807, 2.05) is 14.0 Å². The van der Waals surface area contributed by atoms with Crippen LogP contribution in [0, 0.1) is 6.92 Å². The van der Waals surface area contributed by atoms with E-state index in [2.05, 4.69) is 20.4 Å². The number of hydrogen-bond acceptors (Lipinski definition) is 5.